The fourth-order valence-corrected chi connectivity index (χ4v) is 1.22. The van der Waals surface area contributed by atoms with Crippen molar-refractivity contribution in [3.8, 4) is 5.75 Å². The van der Waals surface area contributed by atoms with Gasteiger partial charge in [-0.2, -0.15) is 0 Å². The van der Waals surface area contributed by atoms with Crippen LogP contribution in [0.2, 0.25) is 0 Å². The minimum absolute atomic E-state index is 0.246. The van der Waals surface area contributed by atoms with Gasteiger partial charge in [0.2, 0.25) is 0 Å². The fraction of sp³-hybridized carbons (Fsp3) is 0.333. The normalized spacial score (nSPS) is 10.7. The number of aliphatic hydroxyl groups is 1. The number of unbranched alkanes of at least 4 members (excludes halogenated alkanes) is 1. The Morgan fingerprint density at radius 3 is 2.86 bits per heavy atom. The molecule has 0 aliphatic heterocycles. The summed E-state index contributed by atoms with van der Waals surface area (Å²) in [6.45, 7) is 0.246. The molecule has 0 atom stereocenters. The van der Waals surface area contributed by atoms with E-state index in [0.29, 0.717) is 0 Å². The molecule has 1 N–H and O–H groups in total. The van der Waals surface area contributed by atoms with E-state index in [1.807, 2.05) is 36.4 Å². The molecule has 1 aromatic carbocycles. The van der Waals surface area contributed by atoms with Gasteiger partial charge >= 0.3 is 0 Å². The summed E-state index contributed by atoms with van der Waals surface area (Å²) in [5.41, 5.74) is 1.08. The smallest absolute Gasteiger partial charge is 0.126 e. The molecule has 1 aromatic rings. The van der Waals surface area contributed by atoms with Crippen molar-refractivity contribution in [1.82, 2.24) is 0 Å². The first kappa shape index (κ1) is 10.8. The van der Waals surface area contributed by atoms with Crippen LogP contribution in [0.1, 0.15) is 18.4 Å². The maximum atomic E-state index is 8.61. The first-order chi connectivity index (χ1) is 6.88. The van der Waals surface area contributed by atoms with Crippen molar-refractivity contribution in [2.24, 2.45) is 0 Å². The standard InChI is InChI=1S/C12H16O2/c1-14-12-9-5-4-8-11(12)7-3-2-6-10-13/h3-5,7-9,13H,2,6,10H2,1H3. The van der Waals surface area contributed by atoms with E-state index in [0.717, 1.165) is 24.2 Å². The Morgan fingerprint density at radius 1 is 1.36 bits per heavy atom. The van der Waals surface area contributed by atoms with Crippen LogP contribution in [0.15, 0.2) is 30.3 Å². The van der Waals surface area contributed by atoms with E-state index in [9.17, 15) is 0 Å². The Hall–Kier alpha value is -1.28. The van der Waals surface area contributed by atoms with Crippen molar-refractivity contribution in [3.05, 3.63) is 35.9 Å². The van der Waals surface area contributed by atoms with Crippen molar-refractivity contribution >= 4 is 6.08 Å². The van der Waals surface area contributed by atoms with E-state index in [1.165, 1.54) is 0 Å². The lowest BCUT2D eigenvalue weighted by atomic mass is 10.1. The molecular formula is C12H16O2. The minimum atomic E-state index is 0.246. The Labute approximate surface area is 84.8 Å². The lowest BCUT2D eigenvalue weighted by Gasteiger charge is -2.02. The van der Waals surface area contributed by atoms with Gasteiger partial charge in [0.1, 0.15) is 5.75 Å². The van der Waals surface area contributed by atoms with Crippen LogP contribution in [0, 0.1) is 0 Å². The SMILES string of the molecule is COc1ccccc1C=CCCCO. The molecule has 0 radical (unpaired) electrons. The van der Waals surface area contributed by atoms with Gasteiger partial charge in [0, 0.05) is 12.2 Å². The highest BCUT2D eigenvalue weighted by molar-refractivity contribution is 5.56. The largest absolute Gasteiger partial charge is 0.496 e. The molecule has 2 nitrogen and oxygen atoms in total. The van der Waals surface area contributed by atoms with Gasteiger partial charge in [-0.25, -0.2) is 0 Å². The molecule has 76 valence electrons. The highest BCUT2D eigenvalue weighted by atomic mass is 16.5. The van der Waals surface area contributed by atoms with Crippen molar-refractivity contribution in [1.29, 1.82) is 0 Å². The molecule has 0 heterocycles. The molecule has 0 aromatic heterocycles. The Kier molecular flexibility index (Phi) is 4.79. The van der Waals surface area contributed by atoms with Crippen LogP contribution < -0.4 is 4.74 Å². The summed E-state index contributed by atoms with van der Waals surface area (Å²) in [7, 11) is 1.67. The van der Waals surface area contributed by atoms with E-state index >= 15 is 0 Å². The molecule has 0 saturated heterocycles. The average molecular weight is 192 g/mol. The third-order valence-corrected chi connectivity index (χ3v) is 1.97. The van der Waals surface area contributed by atoms with Crippen molar-refractivity contribution in [2.45, 2.75) is 12.8 Å². The summed E-state index contributed by atoms with van der Waals surface area (Å²) >= 11 is 0. The zero-order valence-electron chi connectivity index (χ0n) is 8.44. The molecule has 2 heteroatoms. The van der Waals surface area contributed by atoms with Crippen LogP contribution >= 0.6 is 0 Å². The minimum Gasteiger partial charge on any atom is -0.496 e. The van der Waals surface area contributed by atoms with Crippen LogP contribution in [0.25, 0.3) is 6.08 Å². The number of aliphatic hydroxyl groups excluding tert-OH is 1. The molecule has 0 aliphatic carbocycles. The van der Waals surface area contributed by atoms with Crippen LogP contribution in [0.4, 0.5) is 0 Å². The summed E-state index contributed by atoms with van der Waals surface area (Å²) in [5, 5.41) is 8.61. The van der Waals surface area contributed by atoms with Crippen LogP contribution in [0.3, 0.4) is 0 Å². The van der Waals surface area contributed by atoms with Gasteiger partial charge in [-0.15, -0.1) is 0 Å². The first-order valence-electron chi connectivity index (χ1n) is 4.79. The zero-order chi connectivity index (χ0) is 10.2. The highest BCUT2D eigenvalue weighted by Crippen LogP contribution is 2.18. The van der Waals surface area contributed by atoms with Gasteiger partial charge in [0.05, 0.1) is 7.11 Å². The van der Waals surface area contributed by atoms with Gasteiger partial charge < -0.3 is 9.84 Å². The third kappa shape index (κ3) is 3.23. The number of allylic oxidation sites excluding steroid dienone is 1. The fourth-order valence-electron chi connectivity index (χ4n) is 1.22. The second kappa shape index (κ2) is 6.22. The summed E-state index contributed by atoms with van der Waals surface area (Å²) < 4.78 is 5.20. The summed E-state index contributed by atoms with van der Waals surface area (Å²) in [5.74, 6) is 0.882. The monoisotopic (exact) mass is 192 g/mol. The van der Waals surface area contributed by atoms with E-state index in [4.69, 9.17) is 9.84 Å². The maximum absolute atomic E-state index is 8.61. The molecule has 0 spiro atoms. The van der Waals surface area contributed by atoms with Crippen LogP contribution in [0.5, 0.6) is 5.75 Å². The van der Waals surface area contributed by atoms with Crippen LogP contribution in [-0.2, 0) is 0 Å². The molecule has 0 bridgehead atoms. The lowest BCUT2D eigenvalue weighted by Crippen LogP contribution is -1.85. The van der Waals surface area contributed by atoms with E-state index in [2.05, 4.69) is 0 Å². The van der Waals surface area contributed by atoms with Gasteiger partial charge in [-0.05, 0) is 18.9 Å². The van der Waals surface area contributed by atoms with E-state index in [-0.39, 0.29) is 6.61 Å². The van der Waals surface area contributed by atoms with Crippen molar-refractivity contribution < 1.29 is 9.84 Å². The van der Waals surface area contributed by atoms with Gasteiger partial charge in [-0.3, -0.25) is 0 Å². The number of hydrogen-bond acceptors (Lipinski definition) is 2. The molecule has 14 heavy (non-hydrogen) atoms. The maximum Gasteiger partial charge on any atom is 0.126 e. The second-order valence-corrected chi connectivity index (χ2v) is 3.01. The topological polar surface area (TPSA) is 29.5 Å². The summed E-state index contributed by atoms with van der Waals surface area (Å²) in [6.07, 6.45) is 5.78. The first-order valence-corrected chi connectivity index (χ1v) is 4.79. The number of methoxy groups -OCH3 is 1. The molecule has 0 saturated carbocycles. The van der Waals surface area contributed by atoms with Gasteiger partial charge in [0.25, 0.3) is 0 Å². The number of ether oxygens (including phenoxy) is 1. The molecular weight excluding hydrogens is 176 g/mol. The number of hydrogen-bond donors (Lipinski definition) is 1. The molecule has 0 fully saturated rings. The Morgan fingerprint density at radius 2 is 2.14 bits per heavy atom. The molecule has 0 aliphatic rings. The number of para-hydroxylation sites is 1. The van der Waals surface area contributed by atoms with Crippen molar-refractivity contribution in [3.63, 3.8) is 0 Å². The predicted octanol–water partition coefficient (Wildman–Crippen LogP) is 2.48. The van der Waals surface area contributed by atoms with Crippen LogP contribution in [-0.4, -0.2) is 18.8 Å². The molecule has 0 unspecified atom stereocenters. The van der Waals surface area contributed by atoms with E-state index in [1.54, 1.807) is 7.11 Å². The lowest BCUT2D eigenvalue weighted by molar-refractivity contribution is 0.290. The quantitative estimate of drug-likeness (QED) is 0.726. The predicted molar refractivity (Wildman–Crippen MR) is 58.3 cm³/mol. The van der Waals surface area contributed by atoms with E-state index < -0.39 is 0 Å². The Balaban J connectivity index is 2.61. The summed E-state index contributed by atoms with van der Waals surface area (Å²) in [6, 6.07) is 7.87. The van der Waals surface area contributed by atoms with Gasteiger partial charge in [-0.1, -0.05) is 30.4 Å². The van der Waals surface area contributed by atoms with Gasteiger partial charge in [0.15, 0.2) is 0 Å². The number of rotatable bonds is 5. The highest BCUT2D eigenvalue weighted by Gasteiger charge is 1.95. The van der Waals surface area contributed by atoms with Crippen molar-refractivity contribution in [2.75, 3.05) is 13.7 Å². The zero-order valence-corrected chi connectivity index (χ0v) is 8.44. The number of benzene rings is 1. The molecule has 1 rings (SSSR count). The Bertz CT molecular complexity index is 292. The molecule has 0 amide bonds. The third-order valence-electron chi connectivity index (χ3n) is 1.97. The summed E-state index contributed by atoms with van der Waals surface area (Å²) in [4.78, 5) is 0. The second-order valence-electron chi connectivity index (χ2n) is 3.01. The average Bonchev–Trinajstić information content (AvgIpc) is 2.25.